The van der Waals surface area contributed by atoms with E-state index in [-0.39, 0.29) is 12.4 Å². The Balaban J connectivity index is 1.50. The molecule has 2 fully saturated rings. The molecule has 1 saturated heterocycles. The highest BCUT2D eigenvalue weighted by Crippen LogP contribution is 2.36. The maximum absolute atomic E-state index is 6.29. The van der Waals surface area contributed by atoms with E-state index in [1.807, 2.05) is 30.3 Å². The van der Waals surface area contributed by atoms with Gasteiger partial charge in [-0.3, -0.25) is 0 Å². The van der Waals surface area contributed by atoms with E-state index < -0.39 is 0 Å². The predicted octanol–water partition coefficient (Wildman–Crippen LogP) is 4.58. The highest BCUT2D eigenvalue weighted by Gasteiger charge is 2.33. The Kier molecular flexibility index (Phi) is 5.73. The Morgan fingerprint density at radius 3 is 2.70 bits per heavy atom. The fourth-order valence-corrected chi connectivity index (χ4v) is 3.86. The molecule has 3 rings (SSSR count). The quantitative estimate of drug-likeness (QED) is 0.795. The molecule has 23 heavy (non-hydrogen) atoms. The summed E-state index contributed by atoms with van der Waals surface area (Å²) >= 11 is 0. The van der Waals surface area contributed by atoms with E-state index >= 15 is 0 Å². The van der Waals surface area contributed by atoms with Crippen molar-refractivity contribution in [2.24, 2.45) is 17.8 Å². The van der Waals surface area contributed by atoms with Gasteiger partial charge in [0, 0.05) is 5.56 Å². The van der Waals surface area contributed by atoms with E-state index in [9.17, 15) is 0 Å². The Bertz CT molecular complexity index is 473. The summed E-state index contributed by atoms with van der Waals surface area (Å²) in [6, 6.07) is 10.1. The van der Waals surface area contributed by atoms with Gasteiger partial charge in [0.25, 0.3) is 0 Å². The predicted molar refractivity (Wildman–Crippen MR) is 91.1 cm³/mol. The zero-order valence-electron chi connectivity index (χ0n) is 14.6. The van der Waals surface area contributed by atoms with Crippen molar-refractivity contribution in [2.75, 3.05) is 13.2 Å². The molecule has 1 saturated carbocycles. The molecule has 0 spiro atoms. The van der Waals surface area contributed by atoms with Crippen LogP contribution in [0.5, 0.6) is 0 Å². The fraction of sp³-hybridized carbons (Fsp3) is 0.700. The van der Waals surface area contributed by atoms with Crippen molar-refractivity contribution in [3.63, 3.8) is 0 Å². The molecule has 0 radical (unpaired) electrons. The second-order valence-corrected chi connectivity index (χ2v) is 7.53. The summed E-state index contributed by atoms with van der Waals surface area (Å²) < 4.78 is 18.1. The van der Waals surface area contributed by atoms with E-state index in [2.05, 4.69) is 20.8 Å². The minimum absolute atomic E-state index is 0.0465. The fourth-order valence-electron chi connectivity index (χ4n) is 3.86. The third-order valence-electron chi connectivity index (χ3n) is 5.28. The average molecular weight is 318 g/mol. The molecule has 0 aromatic heterocycles. The van der Waals surface area contributed by atoms with Crippen LogP contribution in [-0.4, -0.2) is 25.4 Å². The van der Waals surface area contributed by atoms with Gasteiger partial charge in [-0.15, -0.1) is 0 Å². The van der Waals surface area contributed by atoms with Gasteiger partial charge in [0.2, 0.25) is 0 Å². The first-order chi connectivity index (χ1) is 11.1. The molecular formula is C20H30O3. The standard InChI is InChI=1S/C20H30O3/c1-14(2)18-10-9-15(3)11-19(18)21-12-17-13-22-20(23-17)16-7-5-4-6-8-16/h4-8,14-15,17-20H,9-13H2,1-3H3/t15-,17?,18+,19-,20?/m1/s1. The SMILES string of the molecule is CC(C)[C@@H]1CC[C@@H](C)C[C@H]1OCC1COC(c2ccccc2)O1. The lowest BCUT2D eigenvalue weighted by molar-refractivity contribution is -0.0993. The number of benzene rings is 1. The third-order valence-corrected chi connectivity index (χ3v) is 5.28. The normalized spacial score (nSPS) is 34.9. The summed E-state index contributed by atoms with van der Waals surface area (Å²) in [6.07, 6.45) is 3.98. The molecule has 1 aromatic rings. The van der Waals surface area contributed by atoms with Gasteiger partial charge in [0.15, 0.2) is 6.29 Å². The molecule has 2 aliphatic rings. The first kappa shape index (κ1) is 16.9. The molecule has 2 unspecified atom stereocenters. The lowest BCUT2D eigenvalue weighted by Crippen LogP contribution is -2.36. The number of hydrogen-bond donors (Lipinski definition) is 0. The first-order valence-electron chi connectivity index (χ1n) is 9.07. The van der Waals surface area contributed by atoms with E-state index in [1.165, 1.54) is 19.3 Å². The lowest BCUT2D eigenvalue weighted by atomic mass is 9.75. The van der Waals surface area contributed by atoms with Crippen LogP contribution in [0.1, 0.15) is 51.9 Å². The van der Waals surface area contributed by atoms with Crippen molar-refractivity contribution in [1.29, 1.82) is 0 Å². The second-order valence-electron chi connectivity index (χ2n) is 7.53. The zero-order valence-corrected chi connectivity index (χ0v) is 14.6. The van der Waals surface area contributed by atoms with Crippen LogP contribution in [0.4, 0.5) is 0 Å². The number of ether oxygens (including phenoxy) is 3. The van der Waals surface area contributed by atoms with E-state index in [4.69, 9.17) is 14.2 Å². The van der Waals surface area contributed by atoms with E-state index in [0.29, 0.717) is 31.2 Å². The molecule has 0 amide bonds. The van der Waals surface area contributed by atoms with Crippen LogP contribution in [0.3, 0.4) is 0 Å². The van der Waals surface area contributed by atoms with Crippen LogP contribution >= 0.6 is 0 Å². The summed E-state index contributed by atoms with van der Waals surface area (Å²) in [5.41, 5.74) is 1.08. The summed E-state index contributed by atoms with van der Waals surface area (Å²) in [4.78, 5) is 0. The minimum atomic E-state index is -0.240. The second kappa shape index (κ2) is 7.78. The maximum Gasteiger partial charge on any atom is 0.184 e. The van der Waals surface area contributed by atoms with Crippen molar-refractivity contribution in [2.45, 2.75) is 58.5 Å². The smallest absolute Gasteiger partial charge is 0.184 e. The Labute approximate surface area is 140 Å². The molecule has 1 aliphatic heterocycles. The molecular weight excluding hydrogens is 288 g/mol. The molecule has 3 heteroatoms. The molecule has 0 N–H and O–H groups in total. The molecule has 128 valence electrons. The highest BCUT2D eigenvalue weighted by molar-refractivity contribution is 5.16. The highest BCUT2D eigenvalue weighted by atomic mass is 16.7. The van der Waals surface area contributed by atoms with Crippen LogP contribution in [0.2, 0.25) is 0 Å². The van der Waals surface area contributed by atoms with Crippen molar-refractivity contribution in [3.05, 3.63) is 35.9 Å². The molecule has 1 aliphatic carbocycles. The van der Waals surface area contributed by atoms with Gasteiger partial charge in [-0.25, -0.2) is 0 Å². The summed E-state index contributed by atoms with van der Waals surface area (Å²) in [5.74, 6) is 2.14. The van der Waals surface area contributed by atoms with Gasteiger partial charge in [-0.05, 0) is 30.6 Å². The van der Waals surface area contributed by atoms with Crippen molar-refractivity contribution in [3.8, 4) is 0 Å². The molecule has 1 aromatic carbocycles. The summed E-state index contributed by atoms with van der Waals surface area (Å²) in [7, 11) is 0. The van der Waals surface area contributed by atoms with Gasteiger partial charge in [0.05, 0.1) is 19.3 Å². The molecule has 0 bridgehead atoms. The van der Waals surface area contributed by atoms with Crippen LogP contribution in [0, 0.1) is 17.8 Å². The van der Waals surface area contributed by atoms with Gasteiger partial charge >= 0.3 is 0 Å². The molecule has 3 nitrogen and oxygen atoms in total. The molecule has 5 atom stereocenters. The average Bonchev–Trinajstić information content (AvgIpc) is 3.02. The Hall–Kier alpha value is -0.900. The van der Waals surface area contributed by atoms with Crippen LogP contribution in [0.15, 0.2) is 30.3 Å². The minimum Gasteiger partial charge on any atom is -0.375 e. The van der Waals surface area contributed by atoms with E-state index in [0.717, 1.165) is 11.5 Å². The van der Waals surface area contributed by atoms with Gasteiger partial charge in [-0.1, -0.05) is 57.5 Å². The van der Waals surface area contributed by atoms with Crippen LogP contribution < -0.4 is 0 Å². The van der Waals surface area contributed by atoms with Gasteiger partial charge < -0.3 is 14.2 Å². The van der Waals surface area contributed by atoms with Gasteiger partial charge in [0.1, 0.15) is 6.10 Å². The van der Waals surface area contributed by atoms with Crippen LogP contribution in [0.25, 0.3) is 0 Å². The monoisotopic (exact) mass is 318 g/mol. The maximum atomic E-state index is 6.29. The van der Waals surface area contributed by atoms with Gasteiger partial charge in [-0.2, -0.15) is 0 Å². The summed E-state index contributed by atoms with van der Waals surface area (Å²) in [6.45, 7) is 8.24. The van der Waals surface area contributed by atoms with Crippen LogP contribution in [-0.2, 0) is 14.2 Å². The number of rotatable bonds is 5. The van der Waals surface area contributed by atoms with Crippen molar-refractivity contribution in [1.82, 2.24) is 0 Å². The summed E-state index contributed by atoms with van der Waals surface area (Å²) in [5, 5.41) is 0. The largest absolute Gasteiger partial charge is 0.375 e. The van der Waals surface area contributed by atoms with E-state index in [1.54, 1.807) is 0 Å². The van der Waals surface area contributed by atoms with Crippen molar-refractivity contribution >= 4 is 0 Å². The Morgan fingerprint density at radius 2 is 1.96 bits per heavy atom. The van der Waals surface area contributed by atoms with Crippen molar-refractivity contribution < 1.29 is 14.2 Å². The number of hydrogen-bond acceptors (Lipinski definition) is 3. The first-order valence-corrected chi connectivity index (χ1v) is 9.07. The molecule has 1 heterocycles. The topological polar surface area (TPSA) is 27.7 Å². The lowest BCUT2D eigenvalue weighted by Gasteiger charge is -2.37. The third kappa shape index (κ3) is 4.34. The Morgan fingerprint density at radius 1 is 1.17 bits per heavy atom. The zero-order chi connectivity index (χ0) is 16.2.